The summed E-state index contributed by atoms with van der Waals surface area (Å²) in [6.45, 7) is 0. The van der Waals surface area contributed by atoms with Gasteiger partial charge in [-0.1, -0.05) is 30.3 Å². The zero-order valence-corrected chi connectivity index (χ0v) is 12.1. The Morgan fingerprint density at radius 2 is 1.81 bits per heavy atom. The van der Waals surface area contributed by atoms with Gasteiger partial charge in [0.25, 0.3) is 0 Å². The van der Waals surface area contributed by atoms with Gasteiger partial charge in [-0.05, 0) is 35.6 Å². The molecule has 0 aromatic heterocycles. The first-order valence-electron chi connectivity index (χ1n) is 6.23. The second-order valence-electron chi connectivity index (χ2n) is 4.46. The molecule has 1 unspecified atom stereocenters. The smallest absolute Gasteiger partial charge is 0.271 e. The first kappa shape index (κ1) is 15.9. The number of hydrazine groups is 1. The number of halogens is 3. The standard InChI is InChI=1S/C15H15F3N2S/c1-21-13-8-3-2-7-12(13)14(20-19)10-5-4-6-11(9-10)15(16,17)18/h2-9,14,20H,19H2,1H3. The molecule has 0 amide bonds. The molecule has 2 aromatic rings. The number of rotatable bonds is 4. The molecule has 0 saturated heterocycles. The van der Waals surface area contributed by atoms with Crippen LogP contribution in [0.5, 0.6) is 0 Å². The maximum atomic E-state index is 12.8. The topological polar surface area (TPSA) is 38.0 Å². The van der Waals surface area contributed by atoms with Crippen LogP contribution in [0.15, 0.2) is 53.4 Å². The van der Waals surface area contributed by atoms with Gasteiger partial charge in [0.2, 0.25) is 0 Å². The van der Waals surface area contributed by atoms with Crippen molar-refractivity contribution in [2.24, 2.45) is 5.84 Å². The van der Waals surface area contributed by atoms with E-state index in [1.807, 2.05) is 30.5 Å². The molecule has 0 aliphatic heterocycles. The van der Waals surface area contributed by atoms with Gasteiger partial charge < -0.3 is 0 Å². The quantitative estimate of drug-likeness (QED) is 0.509. The molecule has 6 heteroatoms. The highest BCUT2D eigenvalue weighted by Crippen LogP contribution is 2.34. The molecule has 0 fully saturated rings. The van der Waals surface area contributed by atoms with Crippen LogP contribution in [-0.2, 0) is 6.18 Å². The minimum absolute atomic E-state index is 0.480. The Labute approximate surface area is 125 Å². The van der Waals surface area contributed by atoms with Gasteiger partial charge in [-0.15, -0.1) is 11.8 Å². The van der Waals surface area contributed by atoms with E-state index in [1.54, 1.807) is 6.07 Å². The maximum Gasteiger partial charge on any atom is 0.416 e. The summed E-state index contributed by atoms with van der Waals surface area (Å²) in [7, 11) is 0. The summed E-state index contributed by atoms with van der Waals surface area (Å²) in [4.78, 5) is 0.970. The Balaban J connectivity index is 2.47. The van der Waals surface area contributed by atoms with Crippen molar-refractivity contribution in [1.29, 1.82) is 0 Å². The minimum atomic E-state index is -4.37. The summed E-state index contributed by atoms with van der Waals surface area (Å²) >= 11 is 1.53. The van der Waals surface area contributed by atoms with E-state index in [2.05, 4.69) is 5.43 Å². The van der Waals surface area contributed by atoms with Gasteiger partial charge in [-0.25, -0.2) is 5.43 Å². The highest BCUT2D eigenvalue weighted by molar-refractivity contribution is 7.98. The van der Waals surface area contributed by atoms with Crippen LogP contribution >= 0.6 is 11.8 Å². The Morgan fingerprint density at radius 1 is 1.10 bits per heavy atom. The molecule has 0 aliphatic rings. The van der Waals surface area contributed by atoms with Crippen LogP contribution in [0.1, 0.15) is 22.7 Å². The summed E-state index contributed by atoms with van der Waals surface area (Å²) in [5, 5.41) is 0. The Kier molecular flexibility index (Phi) is 4.92. The van der Waals surface area contributed by atoms with Crippen LogP contribution in [0.4, 0.5) is 13.2 Å². The number of nitrogens with one attached hydrogen (secondary N) is 1. The molecule has 0 radical (unpaired) electrons. The average Bonchev–Trinajstić information content (AvgIpc) is 2.48. The third kappa shape index (κ3) is 3.58. The average molecular weight is 312 g/mol. The van der Waals surface area contributed by atoms with E-state index in [0.29, 0.717) is 5.56 Å². The minimum Gasteiger partial charge on any atom is -0.271 e. The molecule has 21 heavy (non-hydrogen) atoms. The van der Waals surface area contributed by atoms with Gasteiger partial charge >= 0.3 is 6.18 Å². The monoisotopic (exact) mass is 312 g/mol. The molecule has 0 spiro atoms. The van der Waals surface area contributed by atoms with Gasteiger partial charge in [0.1, 0.15) is 0 Å². The molecule has 0 heterocycles. The number of benzene rings is 2. The summed E-state index contributed by atoms with van der Waals surface area (Å²) in [6, 6.07) is 12.2. The third-order valence-electron chi connectivity index (χ3n) is 3.16. The highest BCUT2D eigenvalue weighted by atomic mass is 32.2. The van der Waals surface area contributed by atoms with Crippen molar-refractivity contribution in [3.05, 3.63) is 65.2 Å². The fourth-order valence-electron chi connectivity index (χ4n) is 2.17. The van der Waals surface area contributed by atoms with Crippen molar-refractivity contribution in [3.63, 3.8) is 0 Å². The zero-order valence-electron chi connectivity index (χ0n) is 11.3. The van der Waals surface area contributed by atoms with Crippen LogP contribution in [0, 0.1) is 0 Å². The summed E-state index contributed by atoms with van der Waals surface area (Å²) in [5.41, 5.74) is 3.26. The molecule has 2 nitrogen and oxygen atoms in total. The van der Waals surface area contributed by atoms with Crippen molar-refractivity contribution in [1.82, 2.24) is 5.43 Å². The van der Waals surface area contributed by atoms with Gasteiger partial charge in [-0.3, -0.25) is 5.84 Å². The molecule has 1 atom stereocenters. The third-order valence-corrected chi connectivity index (χ3v) is 3.98. The number of thioether (sulfide) groups is 1. The van der Waals surface area contributed by atoms with Gasteiger partial charge in [0.05, 0.1) is 11.6 Å². The van der Waals surface area contributed by atoms with Crippen LogP contribution in [-0.4, -0.2) is 6.26 Å². The van der Waals surface area contributed by atoms with E-state index in [9.17, 15) is 13.2 Å². The second-order valence-corrected chi connectivity index (χ2v) is 5.31. The normalized spacial score (nSPS) is 13.2. The molecular weight excluding hydrogens is 297 g/mol. The first-order chi connectivity index (χ1) is 9.97. The number of alkyl halides is 3. The Morgan fingerprint density at radius 3 is 2.43 bits per heavy atom. The van der Waals surface area contributed by atoms with Crippen LogP contribution in [0.3, 0.4) is 0 Å². The lowest BCUT2D eigenvalue weighted by molar-refractivity contribution is -0.137. The number of hydrogen-bond donors (Lipinski definition) is 2. The van der Waals surface area contributed by atoms with E-state index in [-0.39, 0.29) is 0 Å². The molecule has 3 N–H and O–H groups in total. The van der Waals surface area contributed by atoms with Gasteiger partial charge in [0, 0.05) is 4.90 Å². The van der Waals surface area contributed by atoms with Crippen LogP contribution < -0.4 is 11.3 Å². The molecule has 0 saturated carbocycles. The highest BCUT2D eigenvalue weighted by Gasteiger charge is 2.31. The van der Waals surface area contributed by atoms with Gasteiger partial charge in [-0.2, -0.15) is 13.2 Å². The number of hydrogen-bond acceptors (Lipinski definition) is 3. The summed E-state index contributed by atoms with van der Waals surface area (Å²) in [6.07, 6.45) is -2.45. The fourth-order valence-corrected chi connectivity index (χ4v) is 2.80. The maximum absolute atomic E-state index is 12.8. The second kappa shape index (κ2) is 6.51. The summed E-state index contributed by atoms with van der Waals surface area (Å²) < 4.78 is 38.5. The van der Waals surface area contributed by atoms with Crippen molar-refractivity contribution < 1.29 is 13.2 Å². The fraction of sp³-hybridized carbons (Fsp3) is 0.200. The SMILES string of the molecule is CSc1ccccc1C(NN)c1cccc(C(F)(F)F)c1. The van der Waals surface area contributed by atoms with E-state index in [4.69, 9.17) is 5.84 Å². The lowest BCUT2D eigenvalue weighted by Gasteiger charge is -2.20. The lowest BCUT2D eigenvalue weighted by Crippen LogP contribution is -2.29. The largest absolute Gasteiger partial charge is 0.416 e. The predicted octanol–water partition coefficient (Wildman–Crippen LogP) is 3.98. The van der Waals surface area contributed by atoms with Crippen LogP contribution in [0.2, 0.25) is 0 Å². The van der Waals surface area contributed by atoms with E-state index < -0.39 is 17.8 Å². The molecule has 112 valence electrons. The van der Waals surface area contributed by atoms with Crippen molar-refractivity contribution in [3.8, 4) is 0 Å². The Hall–Kier alpha value is -1.50. The first-order valence-corrected chi connectivity index (χ1v) is 7.46. The molecule has 0 aliphatic carbocycles. The predicted molar refractivity (Wildman–Crippen MR) is 78.8 cm³/mol. The van der Waals surface area contributed by atoms with Gasteiger partial charge in [0.15, 0.2) is 0 Å². The van der Waals surface area contributed by atoms with Crippen LogP contribution in [0.25, 0.3) is 0 Å². The molecular formula is C15H15F3N2S. The molecule has 2 rings (SSSR count). The van der Waals surface area contributed by atoms with Crippen molar-refractivity contribution in [2.75, 3.05) is 6.26 Å². The molecule has 0 bridgehead atoms. The zero-order chi connectivity index (χ0) is 15.5. The Bertz CT molecular complexity index is 614. The van der Waals surface area contributed by atoms with E-state index >= 15 is 0 Å². The molecule has 2 aromatic carbocycles. The van der Waals surface area contributed by atoms with Crippen molar-refractivity contribution >= 4 is 11.8 Å². The van der Waals surface area contributed by atoms with Crippen molar-refractivity contribution in [2.45, 2.75) is 17.1 Å². The van der Waals surface area contributed by atoms with E-state index in [1.165, 1.54) is 17.8 Å². The van der Waals surface area contributed by atoms with E-state index in [0.717, 1.165) is 22.6 Å². The lowest BCUT2D eigenvalue weighted by atomic mass is 9.97. The number of nitrogens with two attached hydrogens (primary N) is 1. The summed E-state index contributed by atoms with van der Waals surface area (Å²) in [5.74, 6) is 5.58.